The second-order valence-electron chi connectivity index (χ2n) is 9.63. The molecule has 1 amide bonds. The van der Waals surface area contributed by atoms with E-state index in [0.717, 1.165) is 55.0 Å². The van der Waals surface area contributed by atoms with Crippen LogP contribution in [0.2, 0.25) is 0 Å². The number of hydrogen-bond donors (Lipinski definition) is 0. The van der Waals surface area contributed by atoms with Crippen LogP contribution in [-0.4, -0.2) is 31.0 Å². The zero-order valence-electron chi connectivity index (χ0n) is 21.3. The molecule has 0 atom stereocenters. The molecule has 0 spiro atoms. The Balaban J connectivity index is 1.20. The summed E-state index contributed by atoms with van der Waals surface area (Å²) >= 11 is 0. The van der Waals surface area contributed by atoms with E-state index < -0.39 is 0 Å². The second-order valence-corrected chi connectivity index (χ2v) is 9.63. The number of hydrogen-bond acceptors (Lipinski definition) is 3. The van der Waals surface area contributed by atoms with Crippen molar-refractivity contribution in [2.24, 2.45) is 5.92 Å². The third kappa shape index (κ3) is 6.21. The lowest BCUT2D eigenvalue weighted by atomic mass is 9.90. The van der Waals surface area contributed by atoms with Crippen LogP contribution in [0.25, 0.3) is 11.1 Å². The molecule has 1 saturated heterocycles. The van der Waals surface area contributed by atoms with Crippen LogP contribution in [0, 0.1) is 5.92 Å². The first-order chi connectivity index (χ1) is 18.2. The minimum absolute atomic E-state index is 0.0780. The monoisotopic (exact) mass is 491 g/mol. The van der Waals surface area contributed by atoms with Crippen LogP contribution < -0.4 is 9.47 Å². The summed E-state index contributed by atoms with van der Waals surface area (Å²) < 4.78 is 11.6. The number of nitrogens with zero attached hydrogens (tertiary/aromatic N) is 1. The van der Waals surface area contributed by atoms with Crippen molar-refractivity contribution in [2.45, 2.75) is 25.9 Å². The Labute approximate surface area is 219 Å². The number of amides is 1. The number of likely N-dealkylation sites (tertiary alicyclic amines) is 1. The standard InChI is InChI=1S/C33H33NO3/c1-36-32-17-14-29(33(35)34-20-18-26(19-21-34)22-25-8-4-2-5-9-25)23-30(32)24-37-31-15-12-28(13-16-31)27-10-6-3-7-11-27/h2-17,23,26H,18-22,24H2,1H3. The zero-order valence-corrected chi connectivity index (χ0v) is 21.3. The minimum Gasteiger partial charge on any atom is -0.496 e. The molecule has 1 fully saturated rings. The molecule has 0 aliphatic carbocycles. The summed E-state index contributed by atoms with van der Waals surface area (Å²) in [5, 5.41) is 0. The van der Waals surface area contributed by atoms with E-state index in [1.54, 1.807) is 7.11 Å². The number of rotatable bonds is 8. The Morgan fingerprint density at radius 1 is 0.811 bits per heavy atom. The van der Waals surface area contributed by atoms with Crippen molar-refractivity contribution in [3.05, 3.63) is 120 Å². The maximum Gasteiger partial charge on any atom is 0.253 e. The van der Waals surface area contributed by atoms with Crippen molar-refractivity contribution < 1.29 is 14.3 Å². The lowest BCUT2D eigenvalue weighted by Gasteiger charge is -2.32. The molecule has 4 aromatic rings. The predicted molar refractivity (Wildman–Crippen MR) is 148 cm³/mol. The first-order valence-electron chi connectivity index (χ1n) is 13.0. The number of methoxy groups -OCH3 is 1. The van der Waals surface area contributed by atoms with Crippen molar-refractivity contribution in [1.82, 2.24) is 4.90 Å². The van der Waals surface area contributed by atoms with E-state index in [4.69, 9.17) is 9.47 Å². The van der Waals surface area contributed by atoms with E-state index in [2.05, 4.69) is 54.6 Å². The normalized spacial score (nSPS) is 13.8. The molecule has 0 aromatic heterocycles. The molecular weight excluding hydrogens is 458 g/mol. The SMILES string of the molecule is COc1ccc(C(=O)N2CCC(Cc3ccccc3)CC2)cc1COc1ccc(-c2ccccc2)cc1. The molecule has 4 heteroatoms. The molecular formula is C33H33NO3. The van der Waals surface area contributed by atoms with Crippen molar-refractivity contribution in [2.75, 3.05) is 20.2 Å². The molecule has 188 valence electrons. The smallest absolute Gasteiger partial charge is 0.253 e. The molecule has 37 heavy (non-hydrogen) atoms. The first-order valence-corrected chi connectivity index (χ1v) is 13.0. The van der Waals surface area contributed by atoms with Crippen LogP contribution in [0.15, 0.2) is 103 Å². The van der Waals surface area contributed by atoms with E-state index in [9.17, 15) is 4.79 Å². The van der Waals surface area contributed by atoms with Crippen LogP contribution in [0.4, 0.5) is 0 Å². The lowest BCUT2D eigenvalue weighted by molar-refractivity contribution is 0.0690. The Morgan fingerprint density at radius 2 is 1.46 bits per heavy atom. The number of carbonyl (C=O) groups is 1. The highest BCUT2D eigenvalue weighted by molar-refractivity contribution is 5.94. The highest BCUT2D eigenvalue weighted by Crippen LogP contribution is 2.27. The topological polar surface area (TPSA) is 38.8 Å². The summed E-state index contributed by atoms with van der Waals surface area (Å²) in [6, 6.07) is 34.6. The van der Waals surface area contributed by atoms with E-state index in [1.165, 1.54) is 11.1 Å². The van der Waals surface area contributed by atoms with Gasteiger partial charge in [0.15, 0.2) is 0 Å². The largest absolute Gasteiger partial charge is 0.496 e. The van der Waals surface area contributed by atoms with Gasteiger partial charge in [-0.25, -0.2) is 0 Å². The number of benzene rings is 4. The maximum atomic E-state index is 13.3. The molecule has 0 radical (unpaired) electrons. The lowest BCUT2D eigenvalue weighted by Crippen LogP contribution is -2.39. The van der Waals surface area contributed by atoms with Crippen LogP contribution in [0.1, 0.15) is 34.3 Å². The van der Waals surface area contributed by atoms with Gasteiger partial charge in [0.05, 0.1) is 7.11 Å². The molecule has 0 saturated carbocycles. The fourth-order valence-corrected chi connectivity index (χ4v) is 5.03. The van der Waals surface area contributed by atoms with E-state index >= 15 is 0 Å². The average molecular weight is 492 g/mol. The number of ether oxygens (including phenoxy) is 2. The second kappa shape index (κ2) is 11.8. The molecule has 4 aromatic carbocycles. The summed E-state index contributed by atoms with van der Waals surface area (Å²) in [4.78, 5) is 15.3. The highest BCUT2D eigenvalue weighted by atomic mass is 16.5. The van der Waals surface area contributed by atoms with Gasteiger partial charge in [-0.3, -0.25) is 4.79 Å². The van der Waals surface area contributed by atoms with E-state index in [-0.39, 0.29) is 5.91 Å². The van der Waals surface area contributed by atoms with Crippen LogP contribution >= 0.6 is 0 Å². The molecule has 0 bridgehead atoms. The van der Waals surface area contributed by atoms with Gasteiger partial charge >= 0.3 is 0 Å². The van der Waals surface area contributed by atoms with Gasteiger partial charge in [0, 0.05) is 24.2 Å². The van der Waals surface area contributed by atoms with Gasteiger partial charge in [-0.05, 0) is 72.2 Å². The Kier molecular flexibility index (Phi) is 7.85. The summed E-state index contributed by atoms with van der Waals surface area (Å²) in [6.45, 7) is 1.91. The number of piperidine rings is 1. The van der Waals surface area contributed by atoms with Crippen molar-refractivity contribution in [3.63, 3.8) is 0 Å². The highest BCUT2D eigenvalue weighted by Gasteiger charge is 2.24. The van der Waals surface area contributed by atoms with Gasteiger partial charge in [-0.2, -0.15) is 0 Å². The summed E-state index contributed by atoms with van der Waals surface area (Å²) in [6.07, 6.45) is 3.15. The fourth-order valence-electron chi connectivity index (χ4n) is 5.03. The van der Waals surface area contributed by atoms with Crippen molar-refractivity contribution >= 4 is 5.91 Å². The molecule has 1 heterocycles. The molecule has 0 N–H and O–H groups in total. The van der Waals surface area contributed by atoms with E-state index in [0.29, 0.717) is 18.1 Å². The van der Waals surface area contributed by atoms with Crippen LogP contribution in [0.3, 0.4) is 0 Å². The van der Waals surface area contributed by atoms with Gasteiger partial charge in [0.2, 0.25) is 0 Å². The van der Waals surface area contributed by atoms with Gasteiger partial charge in [-0.15, -0.1) is 0 Å². The van der Waals surface area contributed by atoms with Crippen molar-refractivity contribution in [1.29, 1.82) is 0 Å². The molecule has 5 rings (SSSR count). The van der Waals surface area contributed by atoms with Gasteiger partial charge in [0.1, 0.15) is 18.1 Å². The Morgan fingerprint density at radius 3 is 2.14 bits per heavy atom. The first kappa shape index (κ1) is 24.6. The summed E-state index contributed by atoms with van der Waals surface area (Å²) in [5.41, 5.74) is 5.23. The van der Waals surface area contributed by atoms with Crippen LogP contribution in [-0.2, 0) is 13.0 Å². The Hall–Kier alpha value is -4.05. The zero-order chi connectivity index (χ0) is 25.5. The third-order valence-corrected chi connectivity index (χ3v) is 7.15. The number of carbonyl (C=O) groups excluding carboxylic acids is 1. The fraction of sp³-hybridized carbons (Fsp3) is 0.242. The predicted octanol–water partition coefficient (Wildman–Crippen LogP) is 7.04. The minimum atomic E-state index is 0.0780. The average Bonchev–Trinajstić information content (AvgIpc) is 2.97. The van der Waals surface area contributed by atoms with Crippen molar-refractivity contribution in [3.8, 4) is 22.6 Å². The quantitative estimate of drug-likeness (QED) is 0.265. The van der Waals surface area contributed by atoms with E-state index in [1.807, 2.05) is 53.4 Å². The summed E-state index contributed by atoms with van der Waals surface area (Å²) in [5.74, 6) is 2.20. The Bertz CT molecular complexity index is 1290. The molecule has 1 aliphatic heterocycles. The third-order valence-electron chi connectivity index (χ3n) is 7.15. The molecule has 0 unspecified atom stereocenters. The molecule has 4 nitrogen and oxygen atoms in total. The van der Waals surface area contributed by atoms with Gasteiger partial charge < -0.3 is 14.4 Å². The van der Waals surface area contributed by atoms with Crippen LogP contribution in [0.5, 0.6) is 11.5 Å². The van der Waals surface area contributed by atoms with Gasteiger partial charge in [-0.1, -0.05) is 72.8 Å². The molecule has 1 aliphatic rings. The van der Waals surface area contributed by atoms with Gasteiger partial charge in [0.25, 0.3) is 5.91 Å². The summed E-state index contributed by atoms with van der Waals surface area (Å²) in [7, 11) is 1.65. The maximum absolute atomic E-state index is 13.3.